The smallest absolute Gasteiger partial charge is 0.151 e. The monoisotopic (exact) mass is 228 g/mol. The predicted octanol–water partition coefficient (Wildman–Crippen LogP) is 1.93. The second kappa shape index (κ2) is 4.13. The van der Waals surface area contributed by atoms with Gasteiger partial charge >= 0.3 is 0 Å². The van der Waals surface area contributed by atoms with Crippen LogP contribution >= 0.6 is 0 Å². The minimum Gasteiger partial charge on any atom is -0.391 e. The van der Waals surface area contributed by atoms with Crippen LogP contribution in [-0.4, -0.2) is 24.3 Å². The molecule has 1 aromatic rings. The van der Waals surface area contributed by atoms with Gasteiger partial charge in [-0.15, -0.1) is 4.91 Å². The first-order chi connectivity index (χ1) is 7.61. The molecule has 0 aromatic heterocycles. The van der Waals surface area contributed by atoms with Gasteiger partial charge in [-0.25, -0.2) is 8.78 Å². The molecule has 6 heteroatoms. The summed E-state index contributed by atoms with van der Waals surface area (Å²) in [6.45, 7) is 0.588. The number of β-amino-alcohol motifs (C(OH)–C–C–N with tert-alkyl or cyclic N) is 1. The SMILES string of the molecule is O=Nc1cc(F)c(N2CCC(O)C2)c(F)c1. The lowest BCUT2D eigenvalue weighted by Crippen LogP contribution is -2.23. The van der Waals surface area contributed by atoms with E-state index in [0.29, 0.717) is 13.0 Å². The highest BCUT2D eigenvalue weighted by Gasteiger charge is 2.25. The summed E-state index contributed by atoms with van der Waals surface area (Å²) in [7, 11) is 0. The molecule has 1 aliphatic rings. The minimum atomic E-state index is -0.830. The van der Waals surface area contributed by atoms with E-state index in [1.165, 1.54) is 4.90 Å². The quantitative estimate of drug-likeness (QED) is 0.787. The third-order valence-electron chi connectivity index (χ3n) is 2.59. The Balaban J connectivity index is 2.37. The van der Waals surface area contributed by atoms with Crippen LogP contribution < -0.4 is 4.90 Å². The Morgan fingerprint density at radius 3 is 2.44 bits per heavy atom. The number of anilines is 1. The van der Waals surface area contributed by atoms with Gasteiger partial charge in [0.05, 0.1) is 6.10 Å². The molecule has 0 aliphatic carbocycles. The number of hydrogen-bond donors (Lipinski definition) is 1. The Morgan fingerprint density at radius 1 is 1.38 bits per heavy atom. The van der Waals surface area contributed by atoms with Crippen molar-refractivity contribution in [1.82, 2.24) is 0 Å². The van der Waals surface area contributed by atoms with Gasteiger partial charge in [0.1, 0.15) is 11.4 Å². The van der Waals surface area contributed by atoms with E-state index in [4.69, 9.17) is 0 Å². The standard InChI is InChI=1S/C10H10F2N2O2/c11-8-3-6(13-16)4-9(12)10(8)14-2-1-7(15)5-14/h3-4,7,15H,1-2,5H2. The molecular weight excluding hydrogens is 218 g/mol. The summed E-state index contributed by atoms with van der Waals surface area (Å²) in [4.78, 5) is 11.6. The largest absolute Gasteiger partial charge is 0.391 e. The van der Waals surface area contributed by atoms with Crippen LogP contribution in [0.25, 0.3) is 0 Å². The van der Waals surface area contributed by atoms with Gasteiger partial charge in [0, 0.05) is 25.2 Å². The zero-order chi connectivity index (χ0) is 11.7. The molecule has 0 radical (unpaired) electrons. The highest BCUT2D eigenvalue weighted by molar-refractivity contribution is 5.56. The number of nitrogens with zero attached hydrogens (tertiary/aromatic N) is 2. The van der Waals surface area contributed by atoms with E-state index in [1.807, 2.05) is 0 Å². The fourth-order valence-corrected chi connectivity index (χ4v) is 1.85. The molecular formula is C10H10F2N2O2. The van der Waals surface area contributed by atoms with Gasteiger partial charge in [0.15, 0.2) is 11.6 Å². The maximum atomic E-state index is 13.5. The third kappa shape index (κ3) is 1.88. The van der Waals surface area contributed by atoms with E-state index >= 15 is 0 Å². The Labute approximate surface area is 90.5 Å². The number of aliphatic hydroxyl groups excluding tert-OH is 1. The molecule has 0 saturated carbocycles. The van der Waals surface area contributed by atoms with Crippen molar-refractivity contribution in [3.05, 3.63) is 28.7 Å². The van der Waals surface area contributed by atoms with E-state index < -0.39 is 17.7 Å². The zero-order valence-corrected chi connectivity index (χ0v) is 8.36. The Morgan fingerprint density at radius 2 is 2.00 bits per heavy atom. The first-order valence-electron chi connectivity index (χ1n) is 4.87. The number of aliphatic hydroxyl groups is 1. The summed E-state index contributed by atoms with van der Waals surface area (Å²) >= 11 is 0. The molecule has 1 saturated heterocycles. The minimum absolute atomic E-state index is 0.196. The average Bonchev–Trinajstić information content (AvgIpc) is 2.63. The van der Waals surface area contributed by atoms with Crippen molar-refractivity contribution in [2.24, 2.45) is 5.18 Å². The van der Waals surface area contributed by atoms with Gasteiger partial charge in [-0.3, -0.25) is 0 Å². The van der Waals surface area contributed by atoms with Gasteiger partial charge in [0.2, 0.25) is 0 Å². The molecule has 0 amide bonds. The Hall–Kier alpha value is -1.56. The number of rotatable bonds is 2. The van der Waals surface area contributed by atoms with Gasteiger partial charge in [-0.1, -0.05) is 0 Å². The maximum Gasteiger partial charge on any atom is 0.151 e. The molecule has 1 aromatic carbocycles. The molecule has 2 rings (SSSR count). The van der Waals surface area contributed by atoms with Gasteiger partial charge in [-0.05, 0) is 11.6 Å². The Bertz CT molecular complexity index is 402. The van der Waals surface area contributed by atoms with Crippen molar-refractivity contribution < 1.29 is 13.9 Å². The number of hydrogen-bond acceptors (Lipinski definition) is 4. The van der Waals surface area contributed by atoms with E-state index in [1.54, 1.807) is 0 Å². The molecule has 1 aliphatic heterocycles. The number of nitroso groups, excluding NO2 is 1. The summed E-state index contributed by atoms with van der Waals surface area (Å²) in [6, 6.07) is 1.77. The molecule has 1 fully saturated rings. The normalized spacial score (nSPS) is 20.2. The molecule has 1 unspecified atom stereocenters. The second-order valence-corrected chi connectivity index (χ2v) is 3.74. The number of halogens is 2. The van der Waals surface area contributed by atoms with Crippen LogP contribution in [0.5, 0.6) is 0 Å². The van der Waals surface area contributed by atoms with E-state index in [-0.39, 0.29) is 17.9 Å². The van der Waals surface area contributed by atoms with Gasteiger partial charge in [0.25, 0.3) is 0 Å². The van der Waals surface area contributed by atoms with Crippen molar-refractivity contribution in [2.45, 2.75) is 12.5 Å². The number of benzene rings is 1. The Kier molecular flexibility index (Phi) is 2.82. The van der Waals surface area contributed by atoms with Crippen LogP contribution in [0.3, 0.4) is 0 Å². The van der Waals surface area contributed by atoms with E-state index in [2.05, 4.69) is 5.18 Å². The van der Waals surface area contributed by atoms with Gasteiger partial charge < -0.3 is 10.0 Å². The summed E-state index contributed by atoms with van der Waals surface area (Å²) in [6.07, 6.45) is -0.0882. The molecule has 1 atom stereocenters. The summed E-state index contributed by atoms with van der Waals surface area (Å²) in [5.74, 6) is -1.66. The molecule has 86 valence electrons. The lowest BCUT2D eigenvalue weighted by Gasteiger charge is -2.19. The third-order valence-corrected chi connectivity index (χ3v) is 2.59. The average molecular weight is 228 g/mol. The van der Waals surface area contributed by atoms with Crippen molar-refractivity contribution in [3.63, 3.8) is 0 Å². The van der Waals surface area contributed by atoms with Crippen LogP contribution in [-0.2, 0) is 0 Å². The lowest BCUT2D eigenvalue weighted by molar-refractivity contribution is 0.198. The van der Waals surface area contributed by atoms with Crippen LogP contribution in [0.1, 0.15) is 6.42 Å². The van der Waals surface area contributed by atoms with Crippen molar-refractivity contribution in [2.75, 3.05) is 18.0 Å². The van der Waals surface area contributed by atoms with Crippen LogP contribution in [0.15, 0.2) is 17.3 Å². The topological polar surface area (TPSA) is 52.9 Å². The highest BCUT2D eigenvalue weighted by atomic mass is 19.1. The fraction of sp³-hybridized carbons (Fsp3) is 0.400. The van der Waals surface area contributed by atoms with Crippen LogP contribution in [0, 0.1) is 16.5 Å². The maximum absolute atomic E-state index is 13.5. The first-order valence-corrected chi connectivity index (χ1v) is 4.87. The van der Waals surface area contributed by atoms with Crippen LogP contribution in [0.2, 0.25) is 0 Å². The highest BCUT2D eigenvalue weighted by Crippen LogP contribution is 2.30. The molecule has 16 heavy (non-hydrogen) atoms. The van der Waals surface area contributed by atoms with Crippen molar-refractivity contribution in [1.29, 1.82) is 0 Å². The van der Waals surface area contributed by atoms with Gasteiger partial charge in [-0.2, -0.15) is 0 Å². The van der Waals surface area contributed by atoms with Crippen molar-refractivity contribution >= 4 is 11.4 Å². The van der Waals surface area contributed by atoms with E-state index in [9.17, 15) is 18.8 Å². The second-order valence-electron chi connectivity index (χ2n) is 3.74. The van der Waals surface area contributed by atoms with Crippen LogP contribution in [0.4, 0.5) is 20.2 Å². The predicted molar refractivity (Wildman–Crippen MR) is 54.6 cm³/mol. The summed E-state index contributed by atoms with van der Waals surface area (Å²) < 4.78 is 27.0. The molecule has 1 N–H and O–H groups in total. The zero-order valence-electron chi connectivity index (χ0n) is 8.36. The van der Waals surface area contributed by atoms with Crippen molar-refractivity contribution in [3.8, 4) is 0 Å². The molecule has 0 spiro atoms. The molecule has 1 heterocycles. The molecule has 0 bridgehead atoms. The fourth-order valence-electron chi connectivity index (χ4n) is 1.85. The summed E-state index contributed by atoms with van der Waals surface area (Å²) in [5, 5.41) is 11.8. The lowest BCUT2D eigenvalue weighted by atomic mass is 10.2. The first kappa shape index (κ1) is 10.9. The summed E-state index contributed by atoms with van der Waals surface area (Å²) in [5.41, 5.74) is -0.484. The molecule has 4 nitrogen and oxygen atoms in total. The van der Waals surface area contributed by atoms with E-state index in [0.717, 1.165) is 12.1 Å².